The monoisotopic (exact) mass is 270 g/mol. The van der Waals surface area contributed by atoms with Crippen LogP contribution in [0.1, 0.15) is 23.1 Å². The van der Waals surface area contributed by atoms with Gasteiger partial charge in [-0.2, -0.15) is 0 Å². The molecule has 0 aliphatic heterocycles. The second kappa shape index (κ2) is 5.31. The molecule has 15 heavy (non-hydrogen) atoms. The van der Waals surface area contributed by atoms with Gasteiger partial charge in [-0.05, 0) is 59.0 Å². The molecule has 1 aromatic carbocycles. The number of halogens is 1. The highest BCUT2D eigenvalue weighted by Crippen LogP contribution is 2.34. The lowest BCUT2D eigenvalue weighted by molar-refractivity contribution is -0.107. The summed E-state index contributed by atoms with van der Waals surface area (Å²) in [6.07, 6.45) is 2.21. The third kappa shape index (κ3) is 2.59. The minimum atomic E-state index is 0.535. The number of rotatable bonds is 4. The first kappa shape index (κ1) is 12.2. The molecule has 0 spiro atoms. The van der Waals surface area contributed by atoms with Crippen LogP contribution in [0.15, 0.2) is 10.5 Å². The molecule has 2 nitrogen and oxygen atoms in total. The van der Waals surface area contributed by atoms with Gasteiger partial charge in [-0.1, -0.05) is 0 Å². The largest absolute Gasteiger partial charge is 0.495 e. The second-order valence-electron chi connectivity index (χ2n) is 3.52. The van der Waals surface area contributed by atoms with Gasteiger partial charge in [0.25, 0.3) is 0 Å². The van der Waals surface area contributed by atoms with Crippen LogP contribution in [-0.4, -0.2) is 13.4 Å². The third-order valence-electron chi connectivity index (χ3n) is 2.59. The Bertz CT molecular complexity index is 372. The predicted octanol–water partition coefficient (Wildman–Crippen LogP) is 3.21. The lowest BCUT2D eigenvalue weighted by Gasteiger charge is -2.14. The summed E-state index contributed by atoms with van der Waals surface area (Å²) in [6.45, 7) is 4.12. The first-order chi connectivity index (χ1) is 7.11. The van der Waals surface area contributed by atoms with Crippen LogP contribution < -0.4 is 4.74 Å². The van der Waals surface area contributed by atoms with Gasteiger partial charge in [0.05, 0.1) is 11.6 Å². The number of carbonyl (C=O) groups is 1. The lowest BCUT2D eigenvalue weighted by Crippen LogP contribution is -1.99. The number of ether oxygens (including phenoxy) is 1. The van der Waals surface area contributed by atoms with Gasteiger partial charge in [-0.3, -0.25) is 0 Å². The zero-order chi connectivity index (χ0) is 11.4. The molecule has 0 radical (unpaired) electrons. The quantitative estimate of drug-likeness (QED) is 0.786. The molecular formula is C12H15BrO2. The standard InChI is InChI=1S/C12H15BrO2/c1-8-7-11(13)12(15-3)10(9(8)2)5-4-6-14/h6-7H,4-5H2,1-3H3. The summed E-state index contributed by atoms with van der Waals surface area (Å²) >= 11 is 3.47. The van der Waals surface area contributed by atoms with E-state index in [0.717, 1.165) is 28.5 Å². The molecule has 1 aromatic rings. The van der Waals surface area contributed by atoms with Crippen molar-refractivity contribution in [1.29, 1.82) is 0 Å². The fourth-order valence-corrected chi connectivity index (χ4v) is 2.39. The number of methoxy groups -OCH3 is 1. The summed E-state index contributed by atoms with van der Waals surface area (Å²) in [6, 6.07) is 2.04. The van der Waals surface area contributed by atoms with Crippen LogP contribution in [0.5, 0.6) is 5.75 Å². The maximum absolute atomic E-state index is 10.4. The number of benzene rings is 1. The second-order valence-corrected chi connectivity index (χ2v) is 4.37. The molecule has 0 aromatic heterocycles. The zero-order valence-corrected chi connectivity index (χ0v) is 10.8. The highest BCUT2D eigenvalue weighted by atomic mass is 79.9. The smallest absolute Gasteiger partial charge is 0.136 e. The SMILES string of the molecule is COc1c(Br)cc(C)c(C)c1CCC=O. The summed E-state index contributed by atoms with van der Waals surface area (Å²) in [5.74, 6) is 0.847. The van der Waals surface area contributed by atoms with Gasteiger partial charge < -0.3 is 9.53 Å². The molecule has 82 valence electrons. The van der Waals surface area contributed by atoms with Gasteiger partial charge >= 0.3 is 0 Å². The van der Waals surface area contributed by atoms with E-state index in [1.165, 1.54) is 11.1 Å². The normalized spacial score (nSPS) is 10.1. The number of aldehydes is 1. The van der Waals surface area contributed by atoms with Crippen LogP contribution in [0.2, 0.25) is 0 Å². The van der Waals surface area contributed by atoms with Gasteiger partial charge in [0.1, 0.15) is 12.0 Å². The van der Waals surface area contributed by atoms with Gasteiger partial charge in [0.2, 0.25) is 0 Å². The molecule has 0 heterocycles. The summed E-state index contributed by atoms with van der Waals surface area (Å²) in [7, 11) is 1.65. The van der Waals surface area contributed by atoms with Crippen molar-refractivity contribution >= 4 is 22.2 Å². The van der Waals surface area contributed by atoms with Crippen LogP contribution in [0.3, 0.4) is 0 Å². The average Bonchev–Trinajstić information content (AvgIpc) is 2.21. The molecule has 0 saturated carbocycles. The zero-order valence-electron chi connectivity index (χ0n) is 9.26. The molecule has 0 atom stereocenters. The van der Waals surface area contributed by atoms with Crippen molar-refractivity contribution in [2.24, 2.45) is 0 Å². The molecular weight excluding hydrogens is 256 g/mol. The summed E-state index contributed by atoms with van der Waals surface area (Å²) in [4.78, 5) is 10.4. The molecule has 1 rings (SSSR count). The molecule has 0 aliphatic carbocycles. The van der Waals surface area contributed by atoms with Crippen molar-refractivity contribution in [3.8, 4) is 5.75 Å². The van der Waals surface area contributed by atoms with Gasteiger partial charge in [-0.25, -0.2) is 0 Å². The van der Waals surface area contributed by atoms with E-state index >= 15 is 0 Å². The van der Waals surface area contributed by atoms with Gasteiger partial charge in [-0.15, -0.1) is 0 Å². The van der Waals surface area contributed by atoms with Crippen LogP contribution in [0.4, 0.5) is 0 Å². The molecule has 0 aliphatic rings. The summed E-state index contributed by atoms with van der Waals surface area (Å²) < 4.78 is 6.30. The Morgan fingerprint density at radius 1 is 1.47 bits per heavy atom. The summed E-state index contributed by atoms with van der Waals surface area (Å²) in [5.41, 5.74) is 3.54. The Hall–Kier alpha value is -0.830. The lowest BCUT2D eigenvalue weighted by atomic mass is 9.99. The Kier molecular flexibility index (Phi) is 4.33. The molecule has 0 unspecified atom stereocenters. The van der Waals surface area contributed by atoms with Crippen LogP contribution in [0.25, 0.3) is 0 Å². The van der Waals surface area contributed by atoms with E-state index in [9.17, 15) is 4.79 Å². The van der Waals surface area contributed by atoms with E-state index in [4.69, 9.17) is 4.74 Å². The van der Waals surface area contributed by atoms with Crippen LogP contribution in [-0.2, 0) is 11.2 Å². The Labute approximate surface area is 98.8 Å². The third-order valence-corrected chi connectivity index (χ3v) is 3.18. The minimum absolute atomic E-state index is 0.535. The van der Waals surface area contributed by atoms with E-state index in [0.29, 0.717) is 6.42 Å². The van der Waals surface area contributed by atoms with Gasteiger partial charge in [0.15, 0.2) is 0 Å². The molecule has 0 bridgehead atoms. The van der Waals surface area contributed by atoms with E-state index in [1.807, 2.05) is 6.07 Å². The highest BCUT2D eigenvalue weighted by molar-refractivity contribution is 9.10. The van der Waals surface area contributed by atoms with E-state index in [1.54, 1.807) is 7.11 Å². The number of hydrogen-bond donors (Lipinski definition) is 0. The molecule has 0 amide bonds. The highest BCUT2D eigenvalue weighted by Gasteiger charge is 2.12. The number of hydrogen-bond acceptors (Lipinski definition) is 2. The Morgan fingerprint density at radius 3 is 2.67 bits per heavy atom. The Morgan fingerprint density at radius 2 is 2.13 bits per heavy atom. The first-order valence-corrected chi connectivity index (χ1v) is 5.67. The first-order valence-electron chi connectivity index (χ1n) is 4.88. The van der Waals surface area contributed by atoms with Crippen LogP contribution >= 0.6 is 15.9 Å². The topological polar surface area (TPSA) is 26.3 Å². The maximum atomic E-state index is 10.4. The number of aryl methyl sites for hydroxylation is 1. The van der Waals surface area contributed by atoms with E-state index in [2.05, 4.69) is 29.8 Å². The fourth-order valence-electron chi connectivity index (χ4n) is 1.64. The van der Waals surface area contributed by atoms with Crippen molar-refractivity contribution in [2.45, 2.75) is 26.7 Å². The van der Waals surface area contributed by atoms with E-state index in [-0.39, 0.29) is 0 Å². The Balaban J connectivity index is 3.23. The minimum Gasteiger partial charge on any atom is -0.495 e. The maximum Gasteiger partial charge on any atom is 0.136 e. The average molecular weight is 271 g/mol. The molecule has 3 heteroatoms. The van der Waals surface area contributed by atoms with Crippen molar-refractivity contribution < 1.29 is 9.53 Å². The fraction of sp³-hybridized carbons (Fsp3) is 0.417. The van der Waals surface area contributed by atoms with Crippen molar-refractivity contribution in [3.05, 3.63) is 27.2 Å². The molecule has 0 fully saturated rings. The van der Waals surface area contributed by atoms with Crippen molar-refractivity contribution in [3.63, 3.8) is 0 Å². The number of carbonyl (C=O) groups excluding carboxylic acids is 1. The van der Waals surface area contributed by atoms with Gasteiger partial charge in [0, 0.05) is 6.42 Å². The van der Waals surface area contributed by atoms with Crippen LogP contribution in [0, 0.1) is 13.8 Å². The van der Waals surface area contributed by atoms with Crippen molar-refractivity contribution in [2.75, 3.05) is 7.11 Å². The summed E-state index contributed by atoms with van der Waals surface area (Å²) in [5, 5.41) is 0. The molecule has 0 saturated heterocycles. The molecule has 0 N–H and O–H groups in total. The van der Waals surface area contributed by atoms with E-state index < -0.39 is 0 Å². The van der Waals surface area contributed by atoms with Crippen molar-refractivity contribution in [1.82, 2.24) is 0 Å². The predicted molar refractivity (Wildman–Crippen MR) is 64.6 cm³/mol.